The van der Waals surface area contributed by atoms with Gasteiger partial charge in [0, 0.05) is 23.6 Å². The summed E-state index contributed by atoms with van der Waals surface area (Å²) in [5.41, 5.74) is 2.65. The molecule has 126 valence electrons. The SMILES string of the molecule is [C-]#[N+]c1c(-c2ccc(O)cc2F)nc2[nH]nc(C)c2c1[C@@H]1C[C@H]1CO. The molecule has 1 saturated carbocycles. The second kappa shape index (κ2) is 5.53. The number of hydrogen-bond donors (Lipinski definition) is 3. The van der Waals surface area contributed by atoms with E-state index in [4.69, 9.17) is 6.57 Å². The number of aromatic hydroxyl groups is 1. The molecule has 0 unspecified atom stereocenters. The van der Waals surface area contributed by atoms with Crippen LogP contribution in [-0.2, 0) is 0 Å². The first-order valence-corrected chi connectivity index (χ1v) is 7.91. The van der Waals surface area contributed by atoms with Crippen LogP contribution in [0.15, 0.2) is 18.2 Å². The van der Waals surface area contributed by atoms with Crippen molar-refractivity contribution in [2.75, 3.05) is 6.61 Å². The maximum absolute atomic E-state index is 14.4. The number of aromatic amines is 1. The highest BCUT2D eigenvalue weighted by atomic mass is 19.1. The first-order valence-electron chi connectivity index (χ1n) is 7.91. The van der Waals surface area contributed by atoms with Crippen molar-refractivity contribution in [3.8, 4) is 17.0 Å². The van der Waals surface area contributed by atoms with Crippen molar-refractivity contribution >= 4 is 16.7 Å². The van der Waals surface area contributed by atoms with E-state index in [2.05, 4.69) is 20.0 Å². The Morgan fingerprint density at radius 3 is 2.88 bits per heavy atom. The molecule has 2 atom stereocenters. The molecule has 1 fully saturated rings. The van der Waals surface area contributed by atoms with Crippen LogP contribution in [0.3, 0.4) is 0 Å². The minimum Gasteiger partial charge on any atom is -0.508 e. The molecule has 25 heavy (non-hydrogen) atoms. The Labute approximate surface area is 142 Å². The smallest absolute Gasteiger partial charge is 0.217 e. The number of nitrogens with zero attached hydrogens (tertiary/aromatic N) is 3. The van der Waals surface area contributed by atoms with Crippen molar-refractivity contribution in [2.45, 2.75) is 19.3 Å². The number of H-pyrrole nitrogens is 1. The topological polar surface area (TPSA) is 86.4 Å². The van der Waals surface area contributed by atoms with Crippen LogP contribution in [-0.4, -0.2) is 32.0 Å². The van der Waals surface area contributed by atoms with E-state index in [0.717, 1.165) is 29.1 Å². The minimum absolute atomic E-state index is 0.0369. The average Bonchev–Trinajstić information content (AvgIpc) is 3.29. The highest BCUT2D eigenvalue weighted by Gasteiger charge is 2.41. The highest BCUT2D eigenvalue weighted by Crippen LogP contribution is 2.54. The summed E-state index contributed by atoms with van der Waals surface area (Å²) in [7, 11) is 0. The summed E-state index contributed by atoms with van der Waals surface area (Å²) in [6, 6.07) is 3.78. The van der Waals surface area contributed by atoms with Gasteiger partial charge in [0.05, 0.1) is 18.0 Å². The van der Waals surface area contributed by atoms with Gasteiger partial charge in [-0.1, -0.05) is 0 Å². The fourth-order valence-corrected chi connectivity index (χ4v) is 3.39. The third-order valence-corrected chi connectivity index (χ3v) is 4.75. The van der Waals surface area contributed by atoms with Crippen LogP contribution in [0.25, 0.3) is 27.1 Å². The third-order valence-electron chi connectivity index (χ3n) is 4.75. The van der Waals surface area contributed by atoms with E-state index in [9.17, 15) is 14.6 Å². The van der Waals surface area contributed by atoms with E-state index in [-0.39, 0.29) is 41.1 Å². The molecule has 2 heterocycles. The van der Waals surface area contributed by atoms with E-state index >= 15 is 0 Å². The average molecular weight is 338 g/mol. The number of halogens is 1. The minimum atomic E-state index is -0.645. The molecule has 7 heteroatoms. The Balaban J connectivity index is 2.05. The Kier molecular flexibility index (Phi) is 3.44. The fraction of sp³-hybridized carbons (Fsp3) is 0.278. The number of aromatic nitrogens is 3. The van der Waals surface area contributed by atoms with Crippen molar-refractivity contribution in [1.82, 2.24) is 15.2 Å². The number of phenolic OH excluding ortho intramolecular Hbond substituents is 1. The predicted octanol–water partition coefficient (Wildman–Crippen LogP) is 3.42. The number of benzene rings is 1. The molecule has 3 aromatic rings. The van der Waals surface area contributed by atoms with Crippen LogP contribution in [0, 0.1) is 25.2 Å². The van der Waals surface area contributed by atoms with Gasteiger partial charge in [-0.05, 0) is 42.9 Å². The predicted molar refractivity (Wildman–Crippen MR) is 89.9 cm³/mol. The van der Waals surface area contributed by atoms with Gasteiger partial charge in [-0.25, -0.2) is 14.2 Å². The summed E-state index contributed by atoms with van der Waals surface area (Å²) >= 11 is 0. The summed E-state index contributed by atoms with van der Waals surface area (Å²) in [4.78, 5) is 8.08. The van der Waals surface area contributed by atoms with E-state index in [0.29, 0.717) is 5.65 Å². The molecule has 6 nitrogen and oxygen atoms in total. The highest BCUT2D eigenvalue weighted by molar-refractivity contribution is 5.94. The molecule has 1 aliphatic rings. The number of rotatable bonds is 3. The molecule has 0 radical (unpaired) electrons. The second-order valence-electron chi connectivity index (χ2n) is 6.32. The zero-order valence-corrected chi connectivity index (χ0v) is 13.4. The van der Waals surface area contributed by atoms with E-state index in [1.54, 1.807) is 0 Å². The van der Waals surface area contributed by atoms with Crippen molar-refractivity contribution in [2.24, 2.45) is 5.92 Å². The van der Waals surface area contributed by atoms with Crippen LogP contribution < -0.4 is 0 Å². The van der Waals surface area contributed by atoms with Crippen molar-refractivity contribution in [1.29, 1.82) is 0 Å². The van der Waals surface area contributed by atoms with Crippen molar-refractivity contribution < 1.29 is 14.6 Å². The number of hydrogen-bond acceptors (Lipinski definition) is 4. The fourth-order valence-electron chi connectivity index (χ4n) is 3.39. The largest absolute Gasteiger partial charge is 0.508 e. The van der Waals surface area contributed by atoms with Crippen molar-refractivity contribution in [3.05, 3.63) is 46.7 Å². The number of aryl methyl sites for hydroxylation is 1. The van der Waals surface area contributed by atoms with Crippen LogP contribution in [0.5, 0.6) is 5.75 Å². The van der Waals surface area contributed by atoms with Gasteiger partial charge in [0.1, 0.15) is 11.6 Å². The van der Waals surface area contributed by atoms with Gasteiger partial charge < -0.3 is 10.2 Å². The van der Waals surface area contributed by atoms with E-state index in [1.165, 1.54) is 12.1 Å². The lowest BCUT2D eigenvalue weighted by Crippen LogP contribution is -1.97. The van der Waals surface area contributed by atoms with Crippen LogP contribution in [0.1, 0.15) is 23.6 Å². The summed E-state index contributed by atoms with van der Waals surface area (Å²) < 4.78 is 14.4. The number of phenols is 1. The molecular weight excluding hydrogens is 323 g/mol. The maximum atomic E-state index is 14.4. The number of nitrogens with one attached hydrogen (secondary N) is 1. The first-order chi connectivity index (χ1) is 12.0. The molecule has 1 aliphatic carbocycles. The quantitative estimate of drug-likeness (QED) is 0.639. The maximum Gasteiger partial charge on any atom is 0.217 e. The molecule has 3 N–H and O–H groups in total. The number of pyridine rings is 1. The molecule has 0 spiro atoms. The second-order valence-corrected chi connectivity index (χ2v) is 6.32. The van der Waals surface area contributed by atoms with Crippen LogP contribution in [0.2, 0.25) is 0 Å². The van der Waals surface area contributed by atoms with Gasteiger partial charge in [-0.15, -0.1) is 0 Å². The first kappa shape index (κ1) is 15.5. The zero-order chi connectivity index (χ0) is 17.7. The normalized spacial score (nSPS) is 19.1. The lowest BCUT2D eigenvalue weighted by Gasteiger charge is -2.12. The van der Waals surface area contributed by atoms with Gasteiger partial charge >= 0.3 is 0 Å². The molecular formula is C18H15FN4O2. The number of fused-ring (bicyclic) bond motifs is 1. The Hall–Kier alpha value is -2.98. The number of aliphatic hydroxyl groups is 1. The molecule has 0 amide bonds. The Morgan fingerprint density at radius 1 is 1.44 bits per heavy atom. The molecule has 2 aromatic heterocycles. The number of aliphatic hydroxyl groups excluding tert-OH is 1. The third kappa shape index (κ3) is 2.34. The molecule has 0 saturated heterocycles. The van der Waals surface area contributed by atoms with Gasteiger partial charge in [-0.3, -0.25) is 5.10 Å². The van der Waals surface area contributed by atoms with Crippen LogP contribution >= 0.6 is 0 Å². The van der Waals surface area contributed by atoms with Crippen LogP contribution in [0.4, 0.5) is 10.1 Å². The van der Waals surface area contributed by atoms with Crippen molar-refractivity contribution in [3.63, 3.8) is 0 Å². The summed E-state index contributed by atoms with van der Waals surface area (Å²) in [5, 5.41) is 26.7. The van der Waals surface area contributed by atoms with E-state index in [1.807, 2.05) is 6.92 Å². The molecule has 4 rings (SSSR count). The van der Waals surface area contributed by atoms with E-state index < -0.39 is 5.82 Å². The monoisotopic (exact) mass is 338 g/mol. The summed E-state index contributed by atoms with van der Waals surface area (Å²) in [5.74, 6) is -0.701. The summed E-state index contributed by atoms with van der Waals surface area (Å²) in [6.45, 7) is 9.53. The molecule has 1 aromatic carbocycles. The Morgan fingerprint density at radius 2 is 2.24 bits per heavy atom. The molecule has 0 bridgehead atoms. The van der Waals surface area contributed by atoms with Gasteiger partial charge in [-0.2, -0.15) is 5.10 Å². The lowest BCUT2D eigenvalue weighted by molar-refractivity contribution is 0.274. The zero-order valence-electron chi connectivity index (χ0n) is 13.4. The van der Waals surface area contributed by atoms with Gasteiger partial charge in [0.25, 0.3) is 0 Å². The van der Waals surface area contributed by atoms with Gasteiger partial charge in [0.2, 0.25) is 5.69 Å². The lowest BCUT2D eigenvalue weighted by atomic mass is 9.98. The summed E-state index contributed by atoms with van der Waals surface area (Å²) in [6.07, 6.45) is 0.778. The Bertz CT molecular complexity index is 1040. The van der Waals surface area contributed by atoms with Gasteiger partial charge in [0.15, 0.2) is 5.65 Å². The molecule has 0 aliphatic heterocycles. The standard InChI is InChI=1S/C18H15FN4O2/c1-8-14-15(12-5-9(12)7-24)17(20-2)16(21-18(14)23-22-8)11-4-3-10(25)6-13(11)19/h3-4,6,9,12,24-25H,5,7H2,1H3,(H,21,22,23)/t9-,12+/m0/s1.